The van der Waals surface area contributed by atoms with Crippen LogP contribution in [0.15, 0.2) is 70.1 Å². The number of ether oxygens (including phenoxy) is 2. The van der Waals surface area contributed by atoms with Gasteiger partial charge < -0.3 is 13.9 Å². The van der Waals surface area contributed by atoms with Crippen molar-refractivity contribution in [2.24, 2.45) is 4.99 Å². The van der Waals surface area contributed by atoms with E-state index in [2.05, 4.69) is 45.0 Å². The van der Waals surface area contributed by atoms with Crippen molar-refractivity contribution >= 4 is 16.7 Å². The molecule has 3 aromatic carbocycles. The second-order valence-corrected chi connectivity index (χ2v) is 8.66. The van der Waals surface area contributed by atoms with E-state index < -0.39 is 10.2 Å². The fraction of sp³-hybridized carbons (Fsp3) is 0.192. The molecule has 1 aromatic heterocycles. The van der Waals surface area contributed by atoms with Crippen LogP contribution < -0.4 is 28.8 Å². The first-order valence-corrected chi connectivity index (χ1v) is 11.8. The maximum absolute atomic E-state index is 8.60. The number of aryl methyl sites for hydroxylation is 3. The first-order chi connectivity index (χ1) is 16.5. The van der Waals surface area contributed by atoms with Crippen molar-refractivity contribution in [2.45, 2.75) is 20.8 Å². The topological polar surface area (TPSA) is 133 Å². The molecule has 8 nitrogen and oxygen atoms in total. The molecule has 0 radical (unpaired) electrons. The van der Waals surface area contributed by atoms with Gasteiger partial charge in [-0.25, -0.2) is 4.99 Å². The van der Waals surface area contributed by atoms with Gasteiger partial charge in [-0.3, -0.25) is 0 Å². The van der Waals surface area contributed by atoms with Crippen molar-refractivity contribution in [1.82, 2.24) is 0 Å². The number of nitrogens with zero attached hydrogens (tertiary/aromatic N) is 1. The van der Waals surface area contributed by atoms with Gasteiger partial charge in [0.1, 0.15) is 11.3 Å². The molecule has 0 fully saturated rings. The third kappa shape index (κ3) is 7.05. The second kappa shape index (κ2) is 10.9. The highest BCUT2D eigenvalue weighted by molar-refractivity contribution is 5.80. The molecule has 0 aliphatic heterocycles. The van der Waals surface area contributed by atoms with E-state index in [4.69, 9.17) is 37.5 Å². The van der Waals surface area contributed by atoms with Crippen LogP contribution in [0.2, 0.25) is 0 Å². The third-order valence-corrected chi connectivity index (χ3v) is 5.16. The Hall–Kier alpha value is -3.40. The highest BCUT2D eigenvalue weighted by Gasteiger charge is 2.11. The van der Waals surface area contributed by atoms with Gasteiger partial charge in [0.15, 0.2) is 11.5 Å². The van der Waals surface area contributed by atoms with Crippen molar-refractivity contribution in [3.05, 3.63) is 82.7 Å². The van der Waals surface area contributed by atoms with E-state index in [9.17, 15) is 0 Å². The van der Waals surface area contributed by atoms with E-state index in [-0.39, 0.29) is 0 Å². The monoisotopic (exact) mass is 499 g/mol. The molecule has 1 heterocycles. The van der Waals surface area contributed by atoms with Gasteiger partial charge >= 0.3 is 0 Å². The molecular formula is C26H26ClNO7. The van der Waals surface area contributed by atoms with Crippen molar-refractivity contribution in [3.63, 3.8) is 0 Å². The molecule has 0 amide bonds. The molecule has 184 valence electrons. The van der Waals surface area contributed by atoms with Gasteiger partial charge in [0, 0.05) is 17.0 Å². The number of fused-ring (bicyclic) bond motifs is 1. The van der Waals surface area contributed by atoms with Crippen LogP contribution in [-0.4, -0.2) is 18.9 Å². The van der Waals surface area contributed by atoms with Crippen molar-refractivity contribution in [2.75, 3.05) is 14.2 Å². The second-order valence-electron chi connectivity index (χ2n) is 7.86. The summed E-state index contributed by atoms with van der Waals surface area (Å²) in [5.74, 6) is 2.05. The minimum Gasteiger partial charge on any atom is -0.493 e. The Balaban J connectivity index is 0.000000623. The SMILES string of the molecule is COc1ccc(-c2cc(=Nc3ccc(C)cc3C)c3cc(C)ccc3o2)cc1OC.[O-][Cl+3]([O-])([O-])O. The van der Waals surface area contributed by atoms with Crippen LogP contribution in [0.25, 0.3) is 22.3 Å². The predicted octanol–water partition coefficient (Wildman–Crippen LogP) is 2.15. The lowest BCUT2D eigenvalue weighted by Crippen LogP contribution is -2.58. The average Bonchev–Trinajstić information content (AvgIpc) is 2.79. The number of rotatable bonds is 4. The standard InChI is InChI=1S/C26H25NO3.ClHO4/c1-16-6-9-21(18(3)12-16)27-22-15-25(30-23-10-7-17(2)13-20(22)23)19-8-11-24(28-4)26(14-19)29-5;2-1(3,4)5/h6-15H,1-5H3;(H,2,3,4,5). The lowest BCUT2D eigenvalue weighted by Gasteiger charge is -2.10. The van der Waals surface area contributed by atoms with E-state index in [1.165, 1.54) is 5.56 Å². The van der Waals surface area contributed by atoms with Crippen LogP contribution in [0, 0.1) is 31.0 Å². The normalized spacial score (nSPS) is 11.7. The van der Waals surface area contributed by atoms with Gasteiger partial charge in [-0.05, 0) is 62.7 Å². The minimum absolute atomic E-state index is 0.655. The maximum atomic E-state index is 8.60. The summed E-state index contributed by atoms with van der Waals surface area (Å²) in [6.45, 7) is 6.25. The summed E-state index contributed by atoms with van der Waals surface area (Å²) in [5.41, 5.74) is 6.16. The fourth-order valence-corrected chi connectivity index (χ4v) is 3.57. The van der Waals surface area contributed by atoms with Crippen molar-refractivity contribution in [3.8, 4) is 22.8 Å². The summed E-state index contributed by atoms with van der Waals surface area (Å²) in [4.78, 5) is 5.00. The lowest BCUT2D eigenvalue weighted by molar-refractivity contribution is -1.92. The maximum Gasteiger partial charge on any atom is 0.161 e. The number of benzene rings is 3. The van der Waals surface area contributed by atoms with E-state index in [0.29, 0.717) is 11.5 Å². The van der Waals surface area contributed by atoms with Gasteiger partial charge in [0.25, 0.3) is 0 Å². The van der Waals surface area contributed by atoms with E-state index in [0.717, 1.165) is 44.5 Å². The Labute approximate surface area is 205 Å². The predicted molar refractivity (Wildman–Crippen MR) is 123 cm³/mol. The molecule has 0 atom stereocenters. The molecule has 9 heteroatoms. The quantitative estimate of drug-likeness (QED) is 0.454. The van der Waals surface area contributed by atoms with E-state index in [1.807, 2.05) is 36.4 Å². The third-order valence-electron chi connectivity index (χ3n) is 5.16. The molecule has 35 heavy (non-hydrogen) atoms. The van der Waals surface area contributed by atoms with Crippen LogP contribution >= 0.6 is 0 Å². The minimum atomic E-state index is -4.69. The zero-order valence-electron chi connectivity index (χ0n) is 20.0. The van der Waals surface area contributed by atoms with Crippen molar-refractivity contribution < 1.29 is 42.8 Å². The molecule has 0 saturated heterocycles. The Morgan fingerprint density at radius 2 is 1.43 bits per heavy atom. The molecule has 0 spiro atoms. The summed E-state index contributed by atoms with van der Waals surface area (Å²) in [6, 6.07) is 20.2. The van der Waals surface area contributed by atoms with E-state index >= 15 is 0 Å². The summed E-state index contributed by atoms with van der Waals surface area (Å²) < 4.78 is 49.8. The molecule has 4 rings (SSSR count). The summed E-state index contributed by atoms with van der Waals surface area (Å²) in [5, 5.41) is 1.86. The van der Waals surface area contributed by atoms with Gasteiger partial charge in [-0.2, -0.15) is 14.0 Å². The highest BCUT2D eigenvalue weighted by Crippen LogP contribution is 2.33. The zero-order valence-corrected chi connectivity index (χ0v) is 20.8. The number of hydrogen-bond donors (Lipinski definition) is 1. The molecule has 0 aliphatic carbocycles. The fourth-order valence-electron chi connectivity index (χ4n) is 3.57. The molecule has 0 bridgehead atoms. The van der Waals surface area contributed by atoms with Crippen LogP contribution in [0.3, 0.4) is 0 Å². The van der Waals surface area contributed by atoms with Crippen LogP contribution in [0.5, 0.6) is 11.5 Å². The van der Waals surface area contributed by atoms with Gasteiger partial charge in [-0.15, -0.1) is 0 Å². The Morgan fingerprint density at radius 1 is 0.800 bits per heavy atom. The molecular weight excluding hydrogens is 474 g/mol. The van der Waals surface area contributed by atoms with Gasteiger partial charge in [-0.1, -0.05) is 29.3 Å². The summed E-state index contributed by atoms with van der Waals surface area (Å²) >= 11 is 0. The molecule has 0 unspecified atom stereocenters. The first-order valence-electron chi connectivity index (χ1n) is 10.5. The summed E-state index contributed by atoms with van der Waals surface area (Å²) in [7, 11) is -1.44. The Morgan fingerprint density at radius 3 is 2.06 bits per heavy atom. The number of methoxy groups -OCH3 is 2. The molecule has 0 aliphatic rings. The Bertz CT molecular complexity index is 1400. The number of halogens is 1. The number of hydrogen-bond acceptors (Lipinski definition) is 8. The van der Waals surface area contributed by atoms with Crippen LogP contribution in [0.1, 0.15) is 16.7 Å². The highest BCUT2D eigenvalue weighted by atomic mass is 35.7. The van der Waals surface area contributed by atoms with Crippen molar-refractivity contribution in [1.29, 1.82) is 0 Å². The van der Waals surface area contributed by atoms with Crippen LogP contribution in [0.4, 0.5) is 5.69 Å². The lowest BCUT2D eigenvalue weighted by atomic mass is 10.1. The molecule has 4 aromatic rings. The largest absolute Gasteiger partial charge is 0.493 e. The molecule has 1 N–H and O–H groups in total. The van der Waals surface area contributed by atoms with Gasteiger partial charge in [0.2, 0.25) is 0 Å². The Kier molecular flexibility index (Phi) is 8.16. The van der Waals surface area contributed by atoms with Gasteiger partial charge in [0.05, 0.1) is 40.2 Å². The zero-order chi connectivity index (χ0) is 25.8. The average molecular weight is 500 g/mol. The van der Waals surface area contributed by atoms with E-state index in [1.54, 1.807) is 14.2 Å². The summed E-state index contributed by atoms with van der Waals surface area (Å²) in [6.07, 6.45) is 0. The first kappa shape index (κ1) is 26.2. The smallest absolute Gasteiger partial charge is 0.161 e. The van der Waals surface area contributed by atoms with Crippen LogP contribution in [-0.2, 0) is 0 Å². The molecule has 0 saturated carbocycles.